The van der Waals surface area contributed by atoms with Gasteiger partial charge in [0, 0.05) is 11.9 Å². The van der Waals surface area contributed by atoms with E-state index in [4.69, 9.17) is 4.42 Å². The maximum absolute atomic E-state index is 11.6. The molecule has 1 heterocycles. The fourth-order valence-corrected chi connectivity index (χ4v) is 1.53. The summed E-state index contributed by atoms with van der Waals surface area (Å²) in [6.45, 7) is 1.92. The highest BCUT2D eigenvalue weighted by atomic mass is 16.3. The molecule has 1 aromatic heterocycles. The van der Waals surface area contributed by atoms with Crippen LogP contribution in [0, 0.1) is 6.92 Å². The third-order valence-corrected chi connectivity index (χ3v) is 2.52. The number of urea groups is 1. The molecule has 2 aromatic rings. The van der Waals surface area contributed by atoms with Gasteiger partial charge in [-0.05, 0) is 42.8 Å². The van der Waals surface area contributed by atoms with Gasteiger partial charge in [0.15, 0.2) is 0 Å². The van der Waals surface area contributed by atoms with Crippen LogP contribution in [0.4, 0.5) is 10.5 Å². The number of benzene rings is 1. The van der Waals surface area contributed by atoms with Crippen LogP contribution in [0.15, 0.2) is 58.3 Å². The fraction of sp³-hybridized carbons (Fsp3) is 0.0667. The highest BCUT2D eigenvalue weighted by molar-refractivity contribution is 5.90. The van der Waals surface area contributed by atoms with E-state index in [2.05, 4.69) is 15.8 Å². The van der Waals surface area contributed by atoms with Gasteiger partial charge in [0.2, 0.25) is 0 Å². The molecule has 0 saturated carbocycles. The third kappa shape index (κ3) is 4.13. The number of para-hydroxylation sites is 1. The number of hydrogen-bond acceptors (Lipinski definition) is 3. The first-order valence-electron chi connectivity index (χ1n) is 6.11. The van der Waals surface area contributed by atoms with Crippen LogP contribution in [0.1, 0.15) is 11.3 Å². The highest BCUT2D eigenvalue weighted by Gasteiger charge is 2.01. The lowest BCUT2D eigenvalue weighted by Crippen LogP contribution is -2.24. The quantitative estimate of drug-likeness (QED) is 0.659. The van der Waals surface area contributed by atoms with Gasteiger partial charge in [-0.25, -0.2) is 10.2 Å². The molecule has 2 rings (SSSR count). The Kier molecular flexibility index (Phi) is 4.72. The molecule has 20 heavy (non-hydrogen) atoms. The number of hydrogen-bond donors (Lipinski definition) is 2. The summed E-state index contributed by atoms with van der Waals surface area (Å²) in [7, 11) is 0. The maximum Gasteiger partial charge on any atom is 0.339 e. The summed E-state index contributed by atoms with van der Waals surface area (Å²) in [6, 6.07) is 10.8. The number of amides is 2. The van der Waals surface area contributed by atoms with E-state index in [1.54, 1.807) is 24.5 Å². The molecule has 0 atom stereocenters. The smallest absolute Gasteiger partial charge is 0.339 e. The average molecular weight is 269 g/mol. The Labute approximate surface area is 117 Å². The normalized spacial score (nSPS) is 11.1. The van der Waals surface area contributed by atoms with Crippen LogP contribution in [-0.2, 0) is 0 Å². The lowest BCUT2D eigenvalue weighted by atomic mass is 10.2. The highest BCUT2D eigenvalue weighted by Crippen LogP contribution is 2.12. The Balaban J connectivity index is 1.79. The summed E-state index contributed by atoms with van der Waals surface area (Å²) in [6.07, 6.45) is 6.47. The van der Waals surface area contributed by atoms with E-state index >= 15 is 0 Å². The Bertz CT molecular complexity index is 616. The average Bonchev–Trinajstić information content (AvgIpc) is 2.94. The Hall–Kier alpha value is -2.82. The molecule has 0 spiro atoms. The minimum atomic E-state index is -0.387. The van der Waals surface area contributed by atoms with Gasteiger partial charge in [0.05, 0.1) is 6.26 Å². The first-order chi connectivity index (χ1) is 9.75. The standard InChI is InChI=1S/C15H15N3O2/c1-12-6-2-3-9-14(12)17-15(19)18-16-10-4-7-13-8-5-11-20-13/h2-11H,1H3,(H2,17,18,19). The van der Waals surface area contributed by atoms with Crippen molar-refractivity contribution >= 4 is 24.0 Å². The van der Waals surface area contributed by atoms with Crippen molar-refractivity contribution in [2.45, 2.75) is 6.92 Å². The number of carbonyl (C=O) groups is 1. The van der Waals surface area contributed by atoms with E-state index in [0.717, 1.165) is 17.0 Å². The zero-order valence-electron chi connectivity index (χ0n) is 11.0. The molecule has 0 aliphatic carbocycles. The van der Waals surface area contributed by atoms with Crippen molar-refractivity contribution in [1.29, 1.82) is 0 Å². The number of anilines is 1. The molecule has 5 nitrogen and oxygen atoms in total. The Morgan fingerprint density at radius 3 is 2.85 bits per heavy atom. The molecule has 2 amide bonds. The first kappa shape index (κ1) is 13.6. The van der Waals surface area contributed by atoms with Crippen LogP contribution in [-0.4, -0.2) is 12.2 Å². The molecular formula is C15H15N3O2. The van der Waals surface area contributed by atoms with Crippen molar-refractivity contribution in [2.75, 3.05) is 5.32 Å². The molecular weight excluding hydrogens is 254 g/mol. The molecule has 0 radical (unpaired) electrons. The summed E-state index contributed by atoms with van der Waals surface area (Å²) in [4.78, 5) is 11.6. The number of aryl methyl sites for hydroxylation is 1. The van der Waals surface area contributed by atoms with Gasteiger partial charge < -0.3 is 9.73 Å². The van der Waals surface area contributed by atoms with Crippen LogP contribution < -0.4 is 10.7 Å². The molecule has 1 aromatic carbocycles. The van der Waals surface area contributed by atoms with Gasteiger partial charge in [-0.1, -0.05) is 18.2 Å². The number of rotatable bonds is 4. The second-order valence-electron chi connectivity index (χ2n) is 4.03. The molecule has 0 fully saturated rings. The van der Waals surface area contributed by atoms with Crippen LogP contribution in [0.25, 0.3) is 6.08 Å². The van der Waals surface area contributed by atoms with Crippen molar-refractivity contribution in [3.05, 3.63) is 60.1 Å². The number of hydrazone groups is 1. The lowest BCUT2D eigenvalue weighted by molar-refractivity contribution is 0.252. The van der Waals surface area contributed by atoms with E-state index in [9.17, 15) is 4.79 Å². The number of furan rings is 1. The minimum absolute atomic E-state index is 0.387. The van der Waals surface area contributed by atoms with Crippen LogP contribution in [0.5, 0.6) is 0 Å². The minimum Gasteiger partial charge on any atom is -0.465 e. The van der Waals surface area contributed by atoms with Gasteiger partial charge in [-0.3, -0.25) is 0 Å². The second kappa shape index (κ2) is 6.94. The second-order valence-corrected chi connectivity index (χ2v) is 4.03. The molecule has 5 heteroatoms. The topological polar surface area (TPSA) is 66.6 Å². The number of nitrogens with zero attached hydrogens (tertiary/aromatic N) is 1. The van der Waals surface area contributed by atoms with E-state index in [0.29, 0.717) is 0 Å². The van der Waals surface area contributed by atoms with Crippen LogP contribution >= 0.6 is 0 Å². The lowest BCUT2D eigenvalue weighted by Gasteiger charge is -2.06. The monoisotopic (exact) mass is 269 g/mol. The summed E-state index contributed by atoms with van der Waals surface area (Å²) < 4.78 is 5.11. The number of carbonyl (C=O) groups excluding carboxylic acids is 1. The zero-order chi connectivity index (χ0) is 14.2. The van der Waals surface area contributed by atoms with Crippen molar-refractivity contribution in [3.63, 3.8) is 0 Å². The van der Waals surface area contributed by atoms with Gasteiger partial charge >= 0.3 is 6.03 Å². The predicted molar refractivity (Wildman–Crippen MR) is 79.6 cm³/mol. The Morgan fingerprint density at radius 1 is 1.25 bits per heavy atom. The first-order valence-corrected chi connectivity index (χ1v) is 6.11. The Morgan fingerprint density at radius 2 is 2.10 bits per heavy atom. The molecule has 0 bridgehead atoms. The van der Waals surface area contributed by atoms with Gasteiger partial charge in [0.25, 0.3) is 0 Å². The van der Waals surface area contributed by atoms with E-state index < -0.39 is 0 Å². The predicted octanol–water partition coefficient (Wildman–Crippen LogP) is 3.41. The third-order valence-electron chi connectivity index (χ3n) is 2.52. The van der Waals surface area contributed by atoms with Gasteiger partial charge in [0.1, 0.15) is 5.76 Å². The summed E-state index contributed by atoms with van der Waals surface area (Å²) in [5, 5.41) is 6.49. The SMILES string of the molecule is Cc1ccccc1NC(=O)NN=CC=Cc1ccco1. The van der Waals surface area contributed by atoms with Gasteiger partial charge in [-0.15, -0.1) is 0 Å². The van der Waals surface area contributed by atoms with Gasteiger partial charge in [-0.2, -0.15) is 5.10 Å². The van der Waals surface area contributed by atoms with Crippen molar-refractivity contribution in [3.8, 4) is 0 Å². The molecule has 0 aliphatic rings. The largest absolute Gasteiger partial charge is 0.465 e. The maximum atomic E-state index is 11.6. The summed E-state index contributed by atoms with van der Waals surface area (Å²) in [5.74, 6) is 0.723. The summed E-state index contributed by atoms with van der Waals surface area (Å²) in [5.41, 5.74) is 4.12. The van der Waals surface area contributed by atoms with Crippen LogP contribution in [0.3, 0.4) is 0 Å². The molecule has 0 aliphatic heterocycles. The van der Waals surface area contributed by atoms with Crippen LogP contribution in [0.2, 0.25) is 0 Å². The molecule has 0 saturated heterocycles. The van der Waals surface area contributed by atoms with Crippen molar-refractivity contribution in [1.82, 2.24) is 5.43 Å². The summed E-state index contributed by atoms with van der Waals surface area (Å²) >= 11 is 0. The van der Waals surface area contributed by atoms with E-state index in [1.807, 2.05) is 37.3 Å². The number of nitrogens with one attached hydrogen (secondary N) is 2. The van der Waals surface area contributed by atoms with Crippen molar-refractivity contribution < 1.29 is 9.21 Å². The van der Waals surface area contributed by atoms with Crippen molar-refractivity contribution in [2.24, 2.45) is 5.10 Å². The number of allylic oxidation sites excluding steroid dienone is 1. The molecule has 2 N–H and O–H groups in total. The fourth-order valence-electron chi connectivity index (χ4n) is 1.53. The molecule has 0 unspecified atom stereocenters. The van der Waals surface area contributed by atoms with E-state index in [1.165, 1.54) is 6.21 Å². The van der Waals surface area contributed by atoms with E-state index in [-0.39, 0.29) is 6.03 Å². The molecule has 102 valence electrons. The zero-order valence-corrected chi connectivity index (χ0v) is 11.0.